The number of rotatable bonds is 6. The quantitative estimate of drug-likeness (QED) is 0.780. The largest absolute Gasteiger partial charge is 0.355 e. The van der Waals surface area contributed by atoms with Crippen LogP contribution in [0.1, 0.15) is 38.5 Å². The van der Waals surface area contributed by atoms with Crippen molar-refractivity contribution in [2.75, 3.05) is 26.7 Å². The Bertz CT molecular complexity index is 686. The first-order valence-electron chi connectivity index (χ1n) is 8.68. The van der Waals surface area contributed by atoms with Crippen LogP contribution in [0.2, 0.25) is 0 Å². The van der Waals surface area contributed by atoms with E-state index in [1.165, 1.54) is 15.6 Å². The molecule has 0 aliphatic carbocycles. The number of hydrogen-bond acceptors (Lipinski definition) is 5. The van der Waals surface area contributed by atoms with Crippen LogP contribution in [0.25, 0.3) is 0 Å². The molecule has 0 unspecified atom stereocenters. The SMILES string of the molecule is CN(C1CCNCC1)S(=O)(=O)c1ccc(CCNC(=O)C(C)(C)C)s1. The highest BCUT2D eigenvalue weighted by atomic mass is 32.2. The Morgan fingerprint density at radius 2 is 1.96 bits per heavy atom. The van der Waals surface area contributed by atoms with Gasteiger partial charge in [-0.25, -0.2) is 8.42 Å². The standard InChI is InChI=1S/C17H29N3O3S2/c1-17(2,3)16(21)19-12-9-14-5-6-15(24-14)25(22,23)20(4)13-7-10-18-11-8-13/h5-6,13,18H,7-12H2,1-4H3,(H,19,21). The van der Waals surface area contributed by atoms with Gasteiger partial charge < -0.3 is 10.6 Å². The summed E-state index contributed by atoms with van der Waals surface area (Å²) >= 11 is 1.29. The van der Waals surface area contributed by atoms with E-state index in [-0.39, 0.29) is 11.9 Å². The number of amides is 1. The molecule has 1 aromatic heterocycles. The van der Waals surface area contributed by atoms with Gasteiger partial charge in [0.2, 0.25) is 5.91 Å². The average Bonchev–Trinajstić information content (AvgIpc) is 3.03. The Kier molecular flexibility index (Phi) is 6.64. The average molecular weight is 388 g/mol. The van der Waals surface area contributed by atoms with E-state index in [9.17, 15) is 13.2 Å². The molecule has 0 bridgehead atoms. The molecule has 8 heteroatoms. The third-order valence-corrected chi connectivity index (χ3v) is 7.95. The summed E-state index contributed by atoms with van der Waals surface area (Å²) in [5, 5.41) is 6.15. The van der Waals surface area contributed by atoms with E-state index in [0.717, 1.165) is 30.8 Å². The molecule has 2 N–H and O–H groups in total. The van der Waals surface area contributed by atoms with E-state index < -0.39 is 15.4 Å². The summed E-state index contributed by atoms with van der Waals surface area (Å²) in [6.07, 6.45) is 2.32. The van der Waals surface area contributed by atoms with Crippen LogP contribution < -0.4 is 10.6 Å². The number of thiophene rings is 1. The second kappa shape index (κ2) is 8.16. The zero-order chi connectivity index (χ0) is 18.7. The summed E-state index contributed by atoms with van der Waals surface area (Å²) in [5.74, 6) is 0.00235. The lowest BCUT2D eigenvalue weighted by Gasteiger charge is -2.30. The second-order valence-electron chi connectivity index (χ2n) is 7.48. The molecule has 0 spiro atoms. The number of piperidine rings is 1. The van der Waals surface area contributed by atoms with Crippen LogP contribution in [-0.4, -0.2) is 51.4 Å². The van der Waals surface area contributed by atoms with Crippen molar-refractivity contribution >= 4 is 27.3 Å². The number of nitrogens with zero attached hydrogens (tertiary/aromatic N) is 1. The van der Waals surface area contributed by atoms with E-state index >= 15 is 0 Å². The van der Waals surface area contributed by atoms with Crippen molar-refractivity contribution in [2.45, 2.75) is 50.3 Å². The molecule has 1 aromatic rings. The van der Waals surface area contributed by atoms with Gasteiger partial charge in [0.1, 0.15) is 4.21 Å². The number of carbonyl (C=O) groups is 1. The summed E-state index contributed by atoms with van der Waals surface area (Å²) in [4.78, 5) is 12.8. The van der Waals surface area contributed by atoms with Gasteiger partial charge in [0, 0.05) is 29.9 Å². The summed E-state index contributed by atoms with van der Waals surface area (Å²) < 4.78 is 27.5. The highest BCUT2D eigenvalue weighted by molar-refractivity contribution is 7.91. The van der Waals surface area contributed by atoms with E-state index in [1.807, 2.05) is 26.8 Å². The molecule has 0 aromatic carbocycles. The topological polar surface area (TPSA) is 78.5 Å². The zero-order valence-corrected chi connectivity index (χ0v) is 17.1. The Morgan fingerprint density at radius 3 is 2.56 bits per heavy atom. The van der Waals surface area contributed by atoms with Crippen LogP contribution in [0.15, 0.2) is 16.3 Å². The van der Waals surface area contributed by atoms with Crippen LogP contribution in [0, 0.1) is 5.41 Å². The molecule has 1 saturated heterocycles. The lowest BCUT2D eigenvalue weighted by Crippen LogP contribution is -2.43. The molecular formula is C17H29N3O3S2. The lowest BCUT2D eigenvalue weighted by atomic mass is 9.96. The van der Waals surface area contributed by atoms with Gasteiger partial charge in [0.05, 0.1) is 0 Å². The second-order valence-corrected chi connectivity index (χ2v) is 10.9. The van der Waals surface area contributed by atoms with Gasteiger partial charge >= 0.3 is 0 Å². The Labute approximate surface area is 155 Å². The van der Waals surface area contributed by atoms with Gasteiger partial charge in [-0.3, -0.25) is 4.79 Å². The highest BCUT2D eigenvalue weighted by Gasteiger charge is 2.30. The molecule has 0 radical (unpaired) electrons. The predicted octanol–water partition coefficient (Wildman–Crippen LogP) is 1.83. The molecule has 0 atom stereocenters. The minimum Gasteiger partial charge on any atom is -0.355 e. The smallest absolute Gasteiger partial charge is 0.252 e. The molecule has 25 heavy (non-hydrogen) atoms. The third-order valence-electron chi connectivity index (χ3n) is 4.43. The maximum atomic E-state index is 12.8. The van der Waals surface area contributed by atoms with E-state index in [4.69, 9.17) is 0 Å². The lowest BCUT2D eigenvalue weighted by molar-refractivity contribution is -0.128. The third kappa shape index (κ3) is 5.26. The number of hydrogen-bond donors (Lipinski definition) is 2. The Hall–Kier alpha value is -0.960. The monoisotopic (exact) mass is 387 g/mol. The van der Waals surface area contributed by atoms with Gasteiger partial charge in [-0.15, -0.1) is 11.3 Å². The van der Waals surface area contributed by atoms with Crippen LogP contribution in [0.3, 0.4) is 0 Å². The van der Waals surface area contributed by atoms with Gasteiger partial charge in [0.25, 0.3) is 10.0 Å². The molecule has 1 amide bonds. The first-order valence-corrected chi connectivity index (χ1v) is 10.9. The number of nitrogens with one attached hydrogen (secondary N) is 2. The molecule has 1 aliphatic rings. The van der Waals surface area contributed by atoms with Crippen LogP contribution in [-0.2, 0) is 21.2 Å². The van der Waals surface area contributed by atoms with Crippen molar-refractivity contribution in [1.29, 1.82) is 0 Å². The van der Waals surface area contributed by atoms with Crippen molar-refractivity contribution in [3.05, 3.63) is 17.0 Å². The fourth-order valence-electron chi connectivity index (χ4n) is 2.70. The fraction of sp³-hybridized carbons (Fsp3) is 0.706. The maximum absolute atomic E-state index is 12.8. The minimum atomic E-state index is -3.45. The Morgan fingerprint density at radius 1 is 1.32 bits per heavy atom. The molecule has 1 aliphatic heterocycles. The van der Waals surface area contributed by atoms with Gasteiger partial charge in [-0.05, 0) is 44.5 Å². The van der Waals surface area contributed by atoms with Crippen molar-refractivity contribution in [3.8, 4) is 0 Å². The van der Waals surface area contributed by atoms with Crippen LogP contribution in [0.5, 0.6) is 0 Å². The van der Waals surface area contributed by atoms with Crippen molar-refractivity contribution in [1.82, 2.24) is 14.9 Å². The van der Waals surface area contributed by atoms with E-state index in [1.54, 1.807) is 13.1 Å². The maximum Gasteiger partial charge on any atom is 0.252 e. The van der Waals surface area contributed by atoms with Crippen LogP contribution >= 0.6 is 11.3 Å². The molecular weight excluding hydrogens is 358 g/mol. The van der Waals surface area contributed by atoms with Gasteiger partial charge in [-0.2, -0.15) is 4.31 Å². The minimum absolute atomic E-state index is 0.00235. The Balaban J connectivity index is 1.96. The molecule has 1 fully saturated rings. The summed E-state index contributed by atoms with van der Waals surface area (Å²) in [7, 11) is -1.77. The molecule has 6 nitrogen and oxygen atoms in total. The van der Waals surface area contributed by atoms with Crippen molar-refractivity contribution in [3.63, 3.8) is 0 Å². The van der Waals surface area contributed by atoms with Crippen LogP contribution in [0.4, 0.5) is 0 Å². The van der Waals surface area contributed by atoms with Gasteiger partial charge in [0.15, 0.2) is 0 Å². The molecule has 142 valence electrons. The zero-order valence-electron chi connectivity index (χ0n) is 15.5. The summed E-state index contributed by atoms with van der Waals surface area (Å²) in [5.41, 5.74) is -0.415. The van der Waals surface area contributed by atoms with Crippen molar-refractivity contribution in [2.24, 2.45) is 5.41 Å². The van der Waals surface area contributed by atoms with E-state index in [0.29, 0.717) is 17.2 Å². The van der Waals surface area contributed by atoms with Gasteiger partial charge in [-0.1, -0.05) is 20.8 Å². The highest BCUT2D eigenvalue weighted by Crippen LogP contribution is 2.27. The fourth-order valence-corrected chi connectivity index (χ4v) is 5.66. The normalized spacial score (nSPS) is 17.0. The predicted molar refractivity (Wildman–Crippen MR) is 101 cm³/mol. The first kappa shape index (κ1) is 20.4. The first-order chi connectivity index (χ1) is 11.6. The molecule has 2 heterocycles. The van der Waals surface area contributed by atoms with E-state index in [2.05, 4.69) is 10.6 Å². The summed E-state index contributed by atoms with van der Waals surface area (Å²) in [6.45, 7) is 7.83. The molecule has 0 saturated carbocycles. The number of sulfonamides is 1. The van der Waals surface area contributed by atoms with Crippen molar-refractivity contribution < 1.29 is 13.2 Å². The number of carbonyl (C=O) groups excluding carboxylic acids is 1. The summed E-state index contributed by atoms with van der Waals surface area (Å²) in [6, 6.07) is 3.58. The molecule has 2 rings (SSSR count).